The molecule has 0 aliphatic carbocycles. The number of amides is 1. The molecule has 0 saturated heterocycles. The number of nitrogens with one attached hydrogen (secondary N) is 1. The zero-order valence-corrected chi connectivity index (χ0v) is 15.9. The Kier molecular flexibility index (Phi) is 5.86. The van der Waals surface area contributed by atoms with Gasteiger partial charge in [0.2, 0.25) is 0 Å². The minimum atomic E-state index is -0.357. The molecule has 8 heteroatoms. The van der Waals surface area contributed by atoms with Gasteiger partial charge in [0.05, 0.1) is 11.4 Å². The number of hydrazone groups is 1. The summed E-state index contributed by atoms with van der Waals surface area (Å²) < 4.78 is 7.07. The van der Waals surface area contributed by atoms with Crippen LogP contribution in [0.5, 0.6) is 5.75 Å². The average molecular weight is 398 g/mol. The Balaban J connectivity index is 1.40. The van der Waals surface area contributed by atoms with E-state index >= 15 is 0 Å². The lowest BCUT2D eigenvalue weighted by Crippen LogP contribution is -2.26. The first-order valence-electron chi connectivity index (χ1n) is 9.23. The van der Waals surface area contributed by atoms with Crippen LogP contribution in [0, 0.1) is 0 Å². The van der Waals surface area contributed by atoms with Gasteiger partial charge >= 0.3 is 0 Å². The molecule has 3 aromatic carbocycles. The summed E-state index contributed by atoms with van der Waals surface area (Å²) >= 11 is 0. The van der Waals surface area contributed by atoms with Gasteiger partial charge in [-0.15, -0.1) is 5.10 Å². The first-order chi connectivity index (χ1) is 14.8. The fourth-order valence-electron chi connectivity index (χ4n) is 2.76. The first-order valence-corrected chi connectivity index (χ1v) is 9.23. The van der Waals surface area contributed by atoms with Gasteiger partial charge in [0.25, 0.3) is 5.91 Å². The topological polar surface area (TPSA) is 94.3 Å². The van der Waals surface area contributed by atoms with Crippen LogP contribution < -0.4 is 10.2 Å². The van der Waals surface area contributed by atoms with Gasteiger partial charge < -0.3 is 4.74 Å². The van der Waals surface area contributed by atoms with E-state index in [2.05, 4.69) is 26.1 Å². The third-order valence-corrected chi connectivity index (χ3v) is 4.21. The van der Waals surface area contributed by atoms with Crippen molar-refractivity contribution in [2.24, 2.45) is 5.10 Å². The Morgan fingerprint density at radius 1 is 0.900 bits per heavy atom. The SMILES string of the molecule is O=C(COc1ccc(-n2cnnn2)cc1)NN=C(c1ccccc1)c1ccccc1. The molecular weight excluding hydrogens is 380 g/mol. The molecule has 0 radical (unpaired) electrons. The fraction of sp³-hybridized carbons (Fsp3) is 0.0455. The molecule has 0 saturated carbocycles. The lowest BCUT2D eigenvalue weighted by Gasteiger charge is -2.09. The lowest BCUT2D eigenvalue weighted by atomic mass is 10.0. The summed E-state index contributed by atoms with van der Waals surface area (Å²) in [5.41, 5.74) is 5.85. The highest BCUT2D eigenvalue weighted by Gasteiger charge is 2.08. The number of hydrogen-bond acceptors (Lipinski definition) is 6. The molecule has 0 bridgehead atoms. The molecule has 1 heterocycles. The Morgan fingerprint density at radius 3 is 2.10 bits per heavy atom. The first kappa shape index (κ1) is 19.0. The summed E-state index contributed by atoms with van der Waals surface area (Å²) in [7, 11) is 0. The van der Waals surface area contributed by atoms with Crippen LogP contribution in [0.2, 0.25) is 0 Å². The summed E-state index contributed by atoms with van der Waals surface area (Å²) in [5.74, 6) is 0.196. The van der Waals surface area contributed by atoms with Crippen molar-refractivity contribution >= 4 is 11.6 Å². The predicted octanol–water partition coefficient (Wildman–Crippen LogP) is 2.61. The van der Waals surface area contributed by atoms with E-state index < -0.39 is 0 Å². The van der Waals surface area contributed by atoms with Crippen LogP contribution in [0.15, 0.2) is 96.4 Å². The van der Waals surface area contributed by atoms with Crippen LogP contribution in [-0.2, 0) is 4.79 Å². The van der Waals surface area contributed by atoms with Crippen molar-refractivity contribution in [2.75, 3.05) is 6.61 Å². The standard InChI is InChI=1S/C22H18N6O2/c29-21(15-30-20-13-11-19(12-14-20)28-16-23-26-27-28)24-25-22(17-7-3-1-4-8-17)18-9-5-2-6-10-18/h1-14,16H,15H2,(H,24,29). The number of rotatable bonds is 7. The Bertz CT molecular complexity index is 1070. The monoisotopic (exact) mass is 398 g/mol. The van der Waals surface area contributed by atoms with Crippen molar-refractivity contribution < 1.29 is 9.53 Å². The molecule has 4 rings (SSSR count). The largest absolute Gasteiger partial charge is 0.484 e. The number of carbonyl (C=O) groups excluding carboxylic acids is 1. The van der Waals surface area contributed by atoms with E-state index in [4.69, 9.17) is 4.74 Å². The van der Waals surface area contributed by atoms with Crippen molar-refractivity contribution in [3.63, 3.8) is 0 Å². The molecule has 30 heavy (non-hydrogen) atoms. The van der Waals surface area contributed by atoms with Gasteiger partial charge in [-0.1, -0.05) is 60.7 Å². The minimum Gasteiger partial charge on any atom is -0.484 e. The van der Waals surface area contributed by atoms with E-state index in [1.165, 1.54) is 11.0 Å². The summed E-state index contributed by atoms with van der Waals surface area (Å²) in [6.07, 6.45) is 1.50. The van der Waals surface area contributed by atoms with E-state index in [0.717, 1.165) is 16.8 Å². The molecule has 1 N–H and O–H groups in total. The van der Waals surface area contributed by atoms with Crippen molar-refractivity contribution in [3.05, 3.63) is 102 Å². The molecule has 8 nitrogen and oxygen atoms in total. The number of aromatic nitrogens is 4. The van der Waals surface area contributed by atoms with Crippen LogP contribution in [0.25, 0.3) is 5.69 Å². The number of carbonyl (C=O) groups is 1. The number of hydrogen-bond donors (Lipinski definition) is 1. The van der Waals surface area contributed by atoms with Crippen LogP contribution in [-0.4, -0.2) is 38.4 Å². The Hall–Kier alpha value is -4.33. The van der Waals surface area contributed by atoms with Crippen molar-refractivity contribution in [1.82, 2.24) is 25.6 Å². The van der Waals surface area contributed by atoms with Crippen LogP contribution in [0.1, 0.15) is 11.1 Å². The summed E-state index contributed by atoms with van der Waals surface area (Å²) in [6.45, 7) is -0.162. The second kappa shape index (κ2) is 9.24. The molecule has 148 valence electrons. The molecule has 4 aromatic rings. The number of ether oxygens (including phenoxy) is 1. The summed E-state index contributed by atoms with van der Waals surface area (Å²) in [4.78, 5) is 12.3. The van der Waals surface area contributed by atoms with Gasteiger partial charge in [-0.2, -0.15) is 5.10 Å². The van der Waals surface area contributed by atoms with E-state index in [0.29, 0.717) is 11.5 Å². The summed E-state index contributed by atoms with van der Waals surface area (Å²) in [6, 6.07) is 26.4. The van der Waals surface area contributed by atoms with Crippen molar-refractivity contribution in [2.45, 2.75) is 0 Å². The van der Waals surface area contributed by atoms with Gasteiger partial charge in [0.1, 0.15) is 12.1 Å². The van der Waals surface area contributed by atoms with Gasteiger partial charge in [-0.05, 0) is 34.7 Å². The molecule has 1 aromatic heterocycles. The smallest absolute Gasteiger partial charge is 0.277 e. The van der Waals surface area contributed by atoms with E-state index in [1.54, 1.807) is 24.3 Å². The number of nitrogens with zero attached hydrogens (tertiary/aromatic N) is 5. The van der Waals surface area contributed by atoms with Gasteiger partial charge in [-0.25, -0.2) is 10.1 Å². The minimum absolute atomic E-state index is 0.162. The predicted molar refractivity (Wildman–Crippen MR) is 111 cm³/mol. The molecule has 0 spiro atoms. The highest BCUT2D eigenvalue weighted by molar-refractivity contribution is 6.13. The van der Waals surface area contributed by atoms with Crippen LogP contribution in [0.3, 0.4) is 0 Å². The molecule has 0 atom stereocenters. The number of benzene rings is 3. The van der Waals surface area contributed by atoms with Crippen molar-refractivity contribution in [3.8, 4) is 11.4 Å². The van der Waals surface area contributed by atoms with Gasteiger partial charge in [0.15, 0.2) is 6.61 Å². The third-order valence-electron chi connectivity index (χ3n) is 4.21. The fourth-order valence-corrected chi connectivity index (χ4v) is 2.76. The third kappa shape index (κ3) is 4.74. The molecule has 0 unspecified atom stereocenters. The second-order valence-electron chi connectivity index (χ2n) is 6.26. The van der Waals surface area contributed by atoms with Gasteiger partial charge in [0, 0.05) is 11.1 Å². The maximum absolute atomic E-state index is 12.3. The normalized spacial score (nSPS) is 10.3. The quantitative estimate of drug-likeness (QED) is 0.381. The zero-order valence-electron chi connectivity index (χ0n) is 15.9. The van der Waals surface area contributed by atoms with Crippen LogP contribution >= 0.6 is 0 Å². The van der Waals surface area contributed by atoms with Crippen LogP contribution in [0.4, 0.5) is 0 Å². The van der Waals surface area contributed by atoms with E-state index in [-0.39, 0.29) is 12.5 Å². The van der Waals surface area contributed by atoms with E-state index in [9.17, 15) is 4.79 Å². The zero-order chi connectivity index (χ0) is 20.6. The second-order valence-corrected chi connectivity index (χ2v) is 6.26. The van der Waals surface area contributed by atoms with Crippen molar-refractivity contribution in [1.29, 1.82) is 0 Å². The molecule has 0 aliphatic rings. The van der Waals surface area contributed by atoms with E-state index in [1.807, 2.05) is 60.7 Å². The highest BCUT2D eigenvalue weighted by atomic mass is 16.5. The number of tetrazole rings is 1. The maximum Gasteiger partial charge on any atom is 0.277 e. The highest BCUT2D eigenvalue weighted by Crippen LogP contribution is 2.14. The Morgan fingerprint density at radius 2 is 1.53 bits per heavy atom. The average Bonchev–Trinajstić information content (AvgIpc) is 3.35. The molecular formula is C22H18N6O2. The maximum atomic E-state index is 12.3. The molecule has 0 aliphatic heterocycles. The molecule has 1 amide bonds. The Labute approximate surface area is 172 Å². The lowest BCUT2D eigenvalue weighted by molar-refractivity contribution is -0.123. The molecule has 0 fully saturated rings. The van der Waals surface area contributed by atoms with Gasteiger partial charge in [-0.3, -0.25) is 4.79 Å². The summed E-state index contributed by atoms with van der Waals surface area (Å²) in [5, 5.41) is 15.3.